The molecule has 0 saturated heterocycles. The summed E-state index contributed by atoms with van der Waals surface area (Å²) in [6.07, 6.45) is 2.60. The number of nitrogens with zero attached hydrogens (tertiary/aromatic N) is 1. The van der Waals surface area contributed by atoms with E-state index in [2.05, 4.69) is 27.7 Å². The highest BCUT2D eigenvalue weighted by atomic mass is 16.3. The van der Waals surface area contributed by atoms with Crippen LogP contribution in [0, 0.1) is 0 Å². The van der Waals surface area contributed by atoms with Crippen LogP contribution >= 0.6 is 0 Å². The molecule has 0 radical (unpaired) electrons. The first-order valence-corrected chi connectivity index (χ1v) is 9.28. The van der Waals surface area contributed by atoms with Gasteiger partial charge < -0.3 is 20.0 Å². The van der Waals surface area contributed by atoms with Gasteiger partial charge in [0.05, 0.1) is 17.6 Å². The number of hydrogen-bond acceptors (Lipinski definition) is 4. The molecular formula is C22H21N3O3. The van der Waals surface area contributed by atoms with Crippen molar-refractivity contribution in [2.75, 3.05) is 23.3 Å². The van der Waals surface area contributed by atoms with Crippen molar-refractivity contribution in [2.24, 2.45) is 0 Å². The number of anilines is 3. The summed E-state index contributed by atoms with van der Waals surface area (Å²) in [5.74, 6) is -0.245. The number of benzene rings is 2. The molecule has 2 amide bonds. The van der Waals surface area contributed by atoms with Gasteiger partial charge in [0.1, 0.15) is 0 Å². The normalized spacial score (nSPS) is 12.5. The van der Waals surface area contributed by atoms with E-state index in [1.54, 1.807) is 12.1 Å². The molecule has 0 spiro atoms. The summed E-state index contributed by atoms with van der Waals surface area (Å²) >= 11 is 0. The molecule has 6 heteroatoms. The van der Waals surface area contributed by atoms with Gasteiger partial charge in [0, 0.05) is 25.2 Å². The molecule has 142 valence electrons. The Labute approximate surface area is 163 Å². The summed E-state index contributed by atoms with van der Waals surface area (Å²) in [6, 6.07) is 19.3. The molecule has 6 nitrogen and oxygen atoms in total. The maximum absolute atomic E-state index is 12.4. The molecule has 2 heterocycles. The summed E-state index contributed by atoms with van der Waals surface area (Å²) in [6.45, 7) is 1.12. The number of carbonyl (C=O) groups is 2. The Balaban J connectivity index is 1.39. The predicted octanol–water partition coefficient (Wildman–Crippen LogP) is 3.73. The second-order valence-corrected chi connectivity index (χ2v) is 6.58. The van der Waals surface area contributed by atoms with Crippen LogP contribution in [0.15, 0.2) is 71.3 Å². The summed E-state index contributed by atoms with van der Waals surface area (Å²) in [7, 11) is 0. The predicted molar refractivity (Wildman–Crippen MR) is 108 cm³/mol. The molecule has 4 rings (SSSR count). The lowest BCUT2D eigenvalue weighted by Crippen LogP contribution is -2.27. The van der Waals surface area contributed by atoms with E-state index in [4.69, 9.17) is 4.42 Å². The number of nitrogens with one attached hydrogen (secondary N) is 2. The molecule has 0 aliphatic carbocycles. The number of furan rings is 1. The number of hydrogen-bond donors (Lipinski definition) is 2. The van der Waals surface area contributed by atoms with E-state index in [0.717, 1.165) is 24.3 Å². The molecule has 3 aromatic rings. The van der Waals surface area contributed by atoms with Crippen LogP contribution in [0.3, 0.4) is 0 Å². The second-order valence-electron chi connectivity index (χ2n) is 6.58. The molecular weight excluding hydrogens is 354 g/mol. The van der Waals surface area contributed by atoms with Crippen molar-refractivity contribution in [1.29, 1.82) is 0 Å². The monoisotopic (exact) mass is 375 g/mol. The molecule has 1 aromatic heterocycles. The van der Waals surface area contributed by atoms with Crippen molar-refractivity contribution in [3.8, 4) is 0 Å². The highest BCUT2D eigenvalue weighted by molar-refractivity contribution is 5.96. The van der Waals surface area contributed by atoms with Crippen molar-refractivity contribution in [1.82, 2.24) is 5.32 Å². The van der Waals surface area contributed by atoms with E-state index in [9.17, 15) is 9.59 Å². The number of rotatable bonds is 6. The minimum absolute atomic E-state index is 0.153. The highest BCUT2D eigenvalue weighted by Crippen LogP contribution is 2.38. The molecule has 1 aliphatic rings. The zero-order chi connectivity index (χ0) is 19.3. The Kier molecular flexibility index (Phi) is 5.10. The first-order chi connectivity index (χ1) is 13.7. The molecule has 2 aromatic carbocycles. The minimum Gasteiger partial charge on any atom is -0.459 e. The largest absolute Gasteiger partial charge is 0.459 e. The standard InChI is InChI=1S/C22H21N3O3/c26-21(11-13-23-22(27)20-10-5-15-28-20)24-17-7-2-4-9-19(17)25-14-12-16-6-1-3-8-18(16)25/h1-10,15H,11-14H2,(H,23,27)(H,24,26). The summed E-state index contributed by atoms with van der Waals surface area (Å²) in [4.78, 5) is 26.5. The number of para-hydroxylation sites is 3. The Morgan fingerprint density at radius 2 is 1.75 bits per heavy atom. The third kappa shape index (κ3) is 3.76. The fourth-order valence-corrected chi connectivity index (χ4v) is 3.40. The Morgan fingerprint density at radius 1 is 0.964 bits per heavy atom. The second kappa shape index (κ2) is 8.00. The average molecular weight is 375 g/mol. The number of amides is 2. The summed E-state index contributed by atoms with van der Waals surface area (Å²) in [5.41, 5.74) is 4.22. The van der Waals surface area contributed by atoms with Crippen LogP contribution in [0.2, 0.25) is 0 Å². The van der Waals surface area contributed by atoms with E-state index in [1.807, 2.05) is 36.4 Å². The van der Waals surface area contributed by atoms with Crippen LogP contribution in [0.5, 0.6) is 0 Å². The van der Waals surface area contributed by atoms with Gasteiger partial charge in [0.15, 0.2) is 5.76 Å². The van der Waals surface area contributed by atoms with E-state index in [0.29, 0.717) is 0 Å². The van der Waals surface area contributed by atoms with E-state index in [-0.39, 0.29) is 30.5 Å². The fourth-order valence-electron chi connectivity index (χ4n) is 3.40. The van der Waals surface area contributed by atoms with Crippen LogP contribution in [0.1, 0.15) is 22.5 Å². The first-order valence-electron chi connectivity index (χ1n) is 9.28. The average Bonchev–Trinajstić information content (AvgIpc) is 3.38. The molecule has 0 fully saturated rings. The van der Waals surface area contributed by atoms with Gasteiger partial charge in [-0.15, -0.1) is 0 Å². The number of fused-ring (bicyclic) bond motifs is 1. The zero-order valence-electron chi connectivity index (χ0n) is 15.4. The molecule has 1 aliphatic heterocycles. The lowest BCUT2D eigenvalue weighted by molar-refractivity contribution is -0.116. The van der Waals surface area contributed by atoms with Gasteiger partial charge >= 0.3 is 0 Å². The highest BCUT2D eigenvalue weighted by Gasteiger charge is 2.22. The van der Waals surface area contributed by atoms with Crippen LogP contribution in [-0.4, -0.2) is 24.9 Å². The quantitative estimate of drug-likeness (QED) is 0.688. The van der Waals surface area contributed by atoms with Crippen molar-refractivity contribution in [3.05, 3.63) is 78.3 Å². The smallest absolute Gasteiger partial charge is 0.286 e. The molecule has 28 heavy (non-hydrogen) atoms. The van der Waals surface area contributed by atoms with Crippen molar-refractivity contribution < 1.29 is 14.0 Å². The van der Waals surface area contributed by atoms with Crippen LogP contribution in [0.4, 0.5) is 17.1 Å². The van der Waals surface area contributed by atoms with Gasteiger partial charge in [0.2, 0.25) is 5.91 Å². The first kappa shape index (κ1) is 17.9. The molecule has 0 saturated carbocycles. The number of carbonyl (C=O) groups excluding carboxylic acids is 2. The molecule has 0 atom stereocenters. The Hall–Kier alpha value is -3.54. The molecule has 2 N–H and O–H groups in total. The van der Waals surface area contributed by atoms with Crippen LogP contribution < -0.4 is 15.5 Å². The Bertz CT molecular complexity index is 982. The van der Waals surface area contributed by atoms with Crippen molar-refractivity contribution >= 4 is 28.9 Å². The van der Waals surface area contributed by atoms with E-state index < -0.39 is 0 Å². The van der Waals surface area contributed by atoms with Gasteiger partial charge in [-0.2, -0.15) is 0 Å². The lowest BCUT2D eigenvalue weighted by atomic mass is 10.1. The van der Waals surface area contributed by atoms with Gasteiger partial charge in [-0.25, -0.2) is 0 Å². The fraction of sp³-hybridized carbons (Fsp3) is 0.182. The third-order valence-electron chi connectivity index (χ3n) is 4.74. The van der Waals surface area contributed by atoms with E-state index in [1.165, 1.54) is 17.5 Å². The van der Waals surface area contributed by atoms with Crippen molar-refractivity contribution in [3.63, 3.8) is 0 Å². The maximum atomic E-state index is 12.4. The molecule has 0 unspecified atom stereocenters. The van der Waals surface area contributed by atoms with Gasteiger partial charge in [-0.1, -0.05) is 30.3 Å². The van der Waals surface area contributed by atoms with Gasteiger partial charge in [-0.3, -0.25) is 9.59 Å². The SMILES string of the molecule is O=C(CCNC(=O)c1ccco1)Nc1ccccc1N1CCc2ccccc21. The summed E-state index contributed by atoms with van der Waals surface area (Å²) < 4.78 is 5.03. The zero-order valence-corrected chi connectivity index (χ0v) is 15.4. The van der Waals surface area contributed by atoms with Crippen molar-refractivity contribution in [2.45, 2.75) is 12.8 Å². The van der Waals surface area contributed by atoms with Crippen LogP contribution in [0.25, 0.3) is 0 Å². The maximum Gasteiger partial charge on any atom is 0.286 e. The van der Waals surface area contributed by atoms with E-state index >= 15 is 0 Å². The topological polar surface area (TPSA) is 74.6 Å². The minimum atomic E-state index is -0.327. The van der Waals surface area contributed by atoms with Gasteiger partial charge in [-0.05, 0) is 42.3 Å². The van der Waals surface area contributed by atoms with Crippen LogP contribution in [-0.2, 0) is 11.2 Å². The lowest BCUT2D eigenvalue weighted by Gasteiger charge is -2.23. The van der Waals surface area contributed by atoms with Gasteiger partial charge in [0.25, 0.3) is 5.91 Å². The third-order valence-corrected chi connectivity index (χ3v) is 4.74. The summed E-state index contributed by atoms with van der Waals surface area (Å²) in [5, 5.41) is 5.65. The molecule has 0 bridgehead atoms. The Morgan fingerprint density at radius 3 is 2.57 bits per heavy atom.